The van der Waals surface area contributed by atoms with Gasteiger partial charge in [0.25, 0.3) is 5.91 Å². The van der Waals surface area contributed by atoms with Gasteiger partial charge in [0.1, 0.15) is 5.54 Å². The third-order valence-corrected chi connectivity index (χ3v) is 6.30. The summed E-state index contributed by atoms with van der Waals surface area (Å²) in [6.45, 7) is 1.20. The number of aliphatic hydroxyl groups excluding tert-OH is 1. The molecule has 3 atom stereocenters. The van der Waals surface area contributed by atoms with Crippen molar-refractivity contribution < 1.29 is 36.2 Å². The van der Waals surface area contributed by atoms with Crippen LogP contribution in [0.3, 0.4) is 0 Å². The van der Waals surface area contributed by atoms with Gasteiger partial charge in [0, 0.05) is 18.7 Å². The Morgan fingerprint density at radius 1 is 0.886 bits per heavy atom. The lowest BCUT2D eigenvalue weighted by molar-refractivity contribution is -0.138. The lowest BCUT2D eigenvalue weighted by Crippen LogP contribution is -2.48. The molecular weight excluding hydrogens is 476 g/mol. The Kier molecular flexibility index (Phi) is 5.87. The molecule has 0 fully saturated rings. The van der Waals surface area contributed by atoms with Crippen LogP contribution >= 0.6 is 0 Å². The van der Waals surface area contributed by atoms with Crippen molar-refractivity contribution in [2.45, 2.75) is 30.4 Å². The molecule has 4 rings (SSSR count). The quantitative estimate of drug-likeness (QED) is 0.608. The molecule has 0 spiro atoms. The predicted octanol–water partition coefficient (Wildman–Crippen LogP) is 4.61. The molecule has 0 bridgehead atoms. The molecule has 184 valence electrons. The van der Waals surface area contributed by atoms with Crippen molar-refractivity contribution in [1.29, 1.82) is 0 Å². The Morgan fingerprint density at radius 3 is 1.89 bits per heavy atom. The van der Waals surface area contributed by atoms with Crippen molar-refractivity contribution >= 4 is 18.5 Å². The van der Waals surface area contributed by atoms with Gasteiger partial charge in [-0.2, -0.15) is 26.3 Å². The van der Waals surface area contributed by atoms with E-state index in [2.05, 4.69) is 15.3 Å². The molecule has 1 amide bonds. The van der Waals surface area contributed by atoms with E-state index in [4.69, 9.17) is 0 Å². The maximum atomic E-state index is 13.1. The minimum Gasteiger partial charge on any atom is -0.396 e. The Bertz CT molecular complexity index is 1220. The first-order valence-electron chi connectivity index (χ1n) is 10.4. The second kappa shape index (κ2) is 8.33. The van der Waals surface area contributed by atoms with Crippen LogP contribution < -0.4 is 5.32 Å². The van der Waals surface area contributed by atoms with Crippen LogP contribution in [0.2, 0.25) is 0 Å². The number of fused-ring (bicyclic) bond motifs is 1. The number of benzene rings is 2. The molecule has 2 aliphatic rings. The first-order chi connectivity index (χ1) is 16.3. The number of aliphatic imine (C=N–C) groups is 2. The standard InChI is InChI=1S/C24H19F6N3O2/c1-14(11-34)21(15-2-6-17(7-3-15)23(25,26)27)10-19-20(35)31-13-33-22(19,12-32-21)16-4-8-18(9-5-16)24(28,29)30/h2-10,12-14,34H,11H2,1H3,(H,31,33,35). The van der Waals surface area contributed by atoms with Crippen LogP contribution in [0.4, 0.5) is 26.3 Å². The molecule has 0 saturated heterocycles. The molecule has 3 unspecified atom stereocenters. The topological polar surface area (TPSA) is 74.0 Å². The maximum Gasteiger partial charge on any atom is 0.416 e. The monoisotopic (exact) mass is 495 g/mol. The summed E-state index contributed by atoms with van der Waals surface area (Å²) in [6, 6.07) is 8.32. The zero-order valence-electron chi connectivity index (χ0n) is 18.2. The second-order valence-electron chi connectivity index (χ2n) is 8.37. The summed E-state index contributed by atoms with van der Waals surface area (Å²) in [5.74, 6) is -1.28. The average Bonchev–Trinajstić information content (AvgIpc) is 2.82. The largest absolute Gasteiger partial charge is 0.416 e. The van der Waals surface area contributed by atoms with Crippen LogP contribution in [-0.2, 0) is 28.2 Å². The van der Waals surface area contributed by atoms with Gasteiger partial charge in [-0.05, 0) is 41.5 Å². The number of dihydropyridines is 1. The summed E-state index contributed by atoms with van der Waals surface area (Å²) in [5, 5.41) is 12.4. The fraction of sp³-hybridized carbons (Fsp3) is 0.292. The maximum absolute atomic E-state index is 13.1. The lowest BCUT2D eigenvalue weighted by Gasteiger charge is -2.42. The minimum atomic E-state index is -4.56. The van der Waals surface area contributed by atoms with E-state index in [1.54, 1.807) is 6.92 Å². The van der Waals surface area contributed by atoms with E-state index in [1.165, 1.54) is 36.6 Å². The number of rotatable bonds is 4. The Hall–Kier alpha value is -3.47. The Balaban J connectivity index is 1.87. The molecule has 2 aromatic carbocycles. The summed E-state index contributed by atoms with van der Waals surface area (Å²) >= 11 is 0. The van der Waals surface area contributed by atoms with Crippen LogP contribution in [0.1, 0.15) is 29.2 Å². The average molecular weight is 495 g/mol. The predicted molar refractivity (Wildman–Crippen MR) is 116 cm³/mol. The normalized spacial score (nSPS) is 25.0. The van der Waals surface area contributed by atoms with Crippen LogP contribution in [0.15, 0.2) is 70.2 Å². The molecule has 0 radical (unpaired) electrons. The zero-order chi connectivity index (χ0) is 25.6. The smallest absolute Gasteiger partial charge is 0.396 e. The van der Waals surface area contributed by atoms with Crippen molar-refractivity contribution in [3.05, 3.63) is 82.4 Å². The Labute approximate surface area is 195 Å². The third kappa shape index (κ3) is 4.13. The highest BCUT2D eigenvalue weighted by Gasteiger charge is 2.49. The van der Waals surface area contributed by atoms with E-state index >= 15 is 0 Å². The number of alkyl halides is 6. The van der Waals surface area contributed by atoms with Gasteiger partial charge in [-0.25, -0.2) is 0 Å². The highest BCUT2D eigenvalue weighted by Crippen LogP contribution is 2.46. The van der Waals surface area contributed by atoms with E-state index in [9.17, 15) is 36.2 Å². The van der Waals surface area contributed by atoms with Crippen molar-refractivity contribution in [1.82, 2.24) is 5.32 Å². The van der Waals surface area contributed by atoms with E-state index in [0.717, 1.165) is 30.6 Å². The van der Waals surface area contributed by atoms with E-state index < -0.39 is 53.0 Å². The van der Waals surface area contributed by atoms with Crippen LogP contribution in [0, 0.1) is 5.92 Å². The second-order valence-corrected chi connectivity index (χ2v) is 8.37. The van der Waals surface area contributed by atoms with Gasteiger partial charge in [-0.3, -0.25) is 14.8 Å². The number of hydrogen-bond acceptors (Lipinski definition) is 4. The zero-order valence-corrected chi connectivity index (χ0v) is 18.2. The van der Waals surface area contributed by atoms with Gasteiger partial charge in [0.05, 0.1) is 23.0 Å². The van der Waals surface area contributed by atoms with Gasteiger partial charge in [0.2, 0.25) is 0 Å². The number of amides is 1. The molecule has 11 heteroatoms. The molecule has 35 heavy (non-hydrogen) atoms. The molecule has 0 aliphatic carbocycles. The molecule has 0 saturated carbocycles. The molecular formula is C24H19F6N3O2. The molecule has 5 nitrogen and oxygen atoms in total. The molecule has 2 heterocycles. The number of carbonyl (C=O) groups excluding carboxylic acids is 1. The lowest BCUT2D eigenvalue weighted by atomic mass is 9.71. The Morgan fingerprint density at radius 2 is 1.40 bits per heavy atom. The van der Waals surface area contributed by atoms with E-state index in [-0.39, 0.29) is 11.1 Å². The highest BCUT2D eigenvalue weighted by molar-refractivity contribution is 6.10. The summed E-state index contributed by atoms with van der Waals surface area (Å²) in [4.78, 5) is 21.8. The molecule has 0 aromatic heterocycles. The summed E-state index contributed by atoms with van der Waals surface area (Å²) in [5.41, 5.74) is -4.17. The SMILES string of the molecule is CC(CO)C1(c2ccc(C(F)(F)F)cc2)C=C2C(=O)NC=NC2(c2ccc(C(F)(F)F)cc2)C=N1. The van der Waals surface area contributed by atoms with Gasteiger partial charge in [-0.15, -0.1) is 0 Å². The number of nitrogens with zero attached hydrogens (tertiary/aromatic N) is 2. The van der Waals surface area contributed by atoms with Gasteiger partial charge < -0.3 is 10.4 Å². The number of hydrogen-bond donors (Lipinski definition) is 2. The van der Waals surface area contributed by atoms with Gasteiger partial charge in [-0.1, -0.05) is 31.2 Å². The molecule has 2 aliphatic heterocycles. The first-order valence-corrected chi connectivity index (χ1v) is 10.4. The number of carbonyl (C=O) groups is 1. The van der Waals surface area contributed by atoms with Crippen molar-refractivity contribution in [2.24, 2.45) is 15.9 Å². The number of nitrogens with one attached hydrogen (secondary N) is 1. The van der Waals surface area contributed by atoms with Crippen molar-refractivity contribution in [3.8, 4) is 0 Å². The molecule has 2 aromatic rings. The summed E-state index contributed by atoms with van der Waals surface area (Å²) in [6.07, 6.45) is -5.29. The fourth-order valence-electron chi connectivity index (χ4n) is 4.24. The van der Waals surface area contributed by atoms with Crippen LogP contribution in [0.5, 0.6) is 0 Å². The van der Waals surface area contributed by atoms with E-state index in [0.29, 0.717) is 5.56 Å². The van der Waals surface area contributed by atoms with Crippen LogP contribution in [0.25, 0.3) is 0 Å². The highest BCUT2D eigenvalue weighted by atomic mass is 19.4. The molecule has 2 N–H and O–H groups in total. The van der Waals surface area contributed by atoms with E-state index in [1.807, 2.05) is 0 Å². The van der Waals surface area contributed by atoms with Crippen molar-refractivity contribution in [2.75, 3.05) is 6.61 Å². The third-order valence-electron chi connectivity index (χ3n) is 6.30. The van der Waals surface area contributed by atoms with Crippen LogP contribution in [-0.4, -0.2) is 30.2 Å². The number of aliphatic hydroxyl groups is 1. The minimum absolute atomic E-state index is 0.0231. The van der Waals surface area contributed by atoms with Gasteiger partial charge >= 0.3 is 12.4 Å². The van der Waals surface area contributed by atoms with Crippen molar-refractivity contribution in [3.63, 3.8) is 0 Å². The first kappa shape index (κ1) is 24.6. The van der Waals surface area contributed by atoms with Gasteiger partial charge in [0.15, 0.2) is 5.54 Å². The summed E-state index contributed by atoms with van der Waals surface area (Å²) in [7, 11) is 0. The fourth-order valence-corrected chi connectivity index (χ4v) is 4.24. The number of halogens is 6. The summed E-state index contributed by atoms with van der Waals surface area (Å²) < 4.78 is 78.4.